The summed E-state index contributed by atoms with van der Waals surface area (Å²) in [5.74, 6) is -3.90. The zero-order chi connectivity index (χ0) is 23.4. The Hall–Kier alpha value is -4.99. The average molecular weight is 441 g/mol. The summed E-state index contributed by atoms with van der Waals surface area (Å²) in [6, 6.07) is 14.7. The van der Waals surface area contributed by atoms with Crippen molar-refractivity contribution in [3.63, 3.8) is 0 Å². The Bertz CT molecular complexity index is 1410. The monoisotopic (exact) mass is 441 g/mol. The third kappa shape index (κ3) is 2.85. The molecule has 0 fully saturated rings. The number of nitrogens with zero attached hydrogens (tertiary/aromatic N) is 3. The van der Waals surface area contributed by atoms with Crippen molar-refractivity contribution in [2.75, 3.05) is 0 Å². The SMILES string of the molecule is O=C(c1ccc([N+](=O)[O-])cc1)c1ccc2c(c1)C(=O)N(N1C(=O)c3ccccc3C1=O)C2=O. The van der Waals surface area contributed by atoms with E-state index in [4.69, 9.17) is 0 Å². The Labute approximate surface area is 184 Å². The van der Waals surface area contributed by atoms with Crippen molar-refractivity contribution in [2.24, 2.45) is 0 Å². The van der Waals surface area contributed by atoms with Gasteiger partial charge in [0.25, 0.3) is 29.3 Å². The number of carbonyl (C=O) groups is 5. The topological polar surface area (TPSA) is 135 Å². The van der Waals surface area contributed by atoms with Crippen LogP contribution < -0.4 is 0 Å². The van der Waals surface area contributed by atoms with Crippen LogP contribution in [0.5, 0.6) is 0 Å². The summed E-state index contributed by atoms with van der Waals surface area (Å²) in [4.78, 5) is 74.4. The number of imide groups is 2. The van der Waals surface area contributed by atoms with E-state index in [-0.39, 0.29) is 39.1 Å². The minimum atomic E-state index is -0.914. The van der Waals surface area contributed by atoms with Crippen molar-refractivity contribution >= 4 is 35.1 Å². The molecule has 5 rings (SSSR count). The van der Waals surface area contributed by atoms with Crippen LogP contribution in [0.25, 0.3) is 0 Å². The Balaban J connectivity index is 1.48. The average Bonchev–Trinajstić information content (AvgIpc) is 3.22. The fourth-order valence-electron chi connectivity index (χ4n) is 3.81. The molecule has 3 aromatic rings. The second-order valence-electron chi connectivity index (χ2n) is 7.28. The van der Waals surface area contributed by atoms with E-state index in [2.05, 4.69) is 0 Å². The lowest BCUT2D eigenvalue weighted by molar-refractivity contribution is -0.384. The van der Waals surface area contributed by atoms with Crippen molar-refractivity contribution in [1.29, 1.82) is 0 Å². The van der Waals surface area contributed by atoms with Gasteiger partial charge in [0, 0.05) is 23.3 Å². The van der Waals surface area contributed by atoms with Gasteiger partial charge in [-0.15, -0.1) is 0 Å². The van der Waals surface area contributed by atoms with Crippen LogP contribution >= 0.6 is 0 Å². The lowest BCUT2D eigenvalue weighted by Gasteiger charge is -2.23. The molecule has 0 saturated carbocycles. The van der Waals surface area contributed by atoms with E-state index in [1.165, 1.54) is 54.6 Å². The summed E-state index contributed by atoms with van der Waals surface area (Å²) >= 11 is 0. The first kappa shape index (κ1) is 19.9. The van der Waals surface area contributed by atoms with E-state index < -0.39 is 34.3 Å². The van der Waals surface area contributed by atoms with Crippen LogP contribution in [-0.2, 0) is 0 Å². The number of non-ortho nitro benzene ring substituents is 1. The van der Waals surface area contributed by atoms with Crippen molar-refractivity contribution in [3.05, 3.63) is 110 Å². The summed E-state index contributed by atoms with van der Waals surface area (Å²) in [5.41, 5.74) is -0.0114. The van der Waals surface area contributed by atoms with Crippen LogP contribution in [0.1, 0.15) is 57.4 Å². The van der Waals surface area contributed by atoms with Gasteiger partial charge < -0.3 is 0 Å². The van der Waals surface area contributed by atoms with Gasteiger partial charge in [-0.2, -0.15) is 10.0 Å². The maximum Gasteiger partial charge on any atom is 0.281 e. The molecule has 0 aromatic heterocycles. The molecule has 0 radical (unpaired) electrons. The first-order chi connectivity index (χ1) is 15.8. The van der Waals surface area contributed by atoms with Crippen LogP contribution in [0, 0.1) is 10.1 Å². The van der Waals surface area contributed by atoms with Crippen molar-refractivity contribution in [3.8, 4) is 0 Å². The summed E-state index contributed by atoms with van der Waals surface area (Å²) in [7, 11) is 0. The highest BCUT2D eigenvalue weighted by Crippen LogP contribution is 2.31. The fourth-order valence-corrected chi connectivity index (χ4v) is 3.81. The predicted octanol–water partition coefficient (Wildman–Crippen LogP) is 2.63. The summed E-state index contributed by atoms with van der Waals surface area (Å²) in [6.07, 6.45) is 0. The number of hydrogen-bond acceptors (Lipinski definition) is 7. The molecule has 10 heteroatoms. The van der Waals surface area contributed by atoms with E-state index in [1.807, 2.05) is 0 Å². The number of amides is 4. The number of carbonyl (C=O) groups excluding carboxylic acids is 5. The van der Waals surface area contributed by atoms with Gasteiger partial charge in [-0.25, -0.2) is 0 Å². The summed E-state index contributed by atoms with van der Waals surface area (Å²) in [5, 5.41) is 11.8. The van der Waals surface area contributed by atoms with Crippen LogP contribution in [0.3, 0.4) is 0 Å². The third-order valence-electron chi connectivity index (χ3n) is 5.44. The van der Waals surface area contributed by atoms with E-state index in [1.54, 1.807) is 12.1 Å². The second kappa shape index (κ2) is 7.02. The van der Waals surface area contributed by atoms with Crippen molar-refractivity contribution in [1.82, 2.24) is 10.0 Å². The van der Waals surface area contributed by atoms with Crippen molar-refractivity contribution < 1.29 is 28.9 Å². The van der Waals surface area contributed by atoms with Crippen LogP contribution in [-0.4, -0.2) is 44.4 Å². The van der Waals surface area contributed by atoms with E-state index in [0.717, 1.165) is 0 Å². The van der Waals surface area contributed by atoms with Crippen LogP contribution in [0.15, 0.2) is 66.7 Å². The summed E-state index contributed by atoms with van der Waals surface area (Å²) in [6.45, 7) is 0. The Kier molecular flexibility index (Phi) is 4.24. The first-order valence-corrected chi connectivity index (χ1v) is 9.59. The van der Waals surface area contributed by atoms with Gasteiger partial charge in [-0.3, -0.25) is 34.1 Å². The molecule has 0 unspecified atom stereocenters. The number of hydrazine groups is 1. The molecule has 0 spiro atoms. The predicted molar refractivity (Wildman–Crippen MR) is 110 cm³/mol. The molecule has 0 bridgehead atoms. The molecule has 33 heavy (non-hydrogen) atoms. The molecule has 2 aliphatic rings. The highest BCUT2D eigenvalue weighted by molar-refractivity contribution is 6.28. The maximum atomic E-state index is 13.0. The van der Waals surface area contributed by atoms with Crippen molar-refractivity contribution in [2.45, 2.75) is 0 Å². The van der Waals surface area contributed by atoms with E-state index in [0.29, 0.717) is 10.0 Å². The maximum absolute atomic E-state index is 13.0. The third-order valence-corrected chi connectivity index (χ3v) is 5.44. The zero-order valence-corrected chi connectivity index (χ0v) is 16.6. The fraction of sp³-hybridized carbons (Fsp3) is 0. The quantitative estimate of drug-likeness (QED) is 0.263. The molecular formula is C23H11N3O7. The molecule has 0 N–H and O–H groups in total. The van der Waals surface area contributed by atoms with Gasteiger partial charge in [0.05, 0.1) is 27.2 Å². The molecule has 10 nitrogen and oxygen atoms in total. The number of benzene rings is 3. The highest BCUT2D eigenvalue weighted by Gasteiger charge is 2.48. The Morgan fingerprint density at radius 2 is 1.09 bits per heavy atom. The highest BCUT2D eigenvalue weighted by atomic mass is 16.6. The van der Waals surface area contributed by atoms with E-state index >= 15 is 0 Å². The Morgan fingerprint density at radius 1 is 0.636 bits per heavy atom. The number of rotatable bonds is 4. The zero-order valence-electron chi connectivity index (χ0n) is 16.6. The number of fused-ring (bicyclic) bond motifs is 2. The minimum absolute atomic E-state index is 0.0585. The molecule has 2 aliphatic heterocycles. The molecular weight excluding hydrogens is 430 g/mol. The molecule has 0 aliphatic carbocycles. The number of hydrogen-bond donors (Lipinski definition) is 0. The van der Waals surface area contributed by atoms with Gasteiger partial charge in [0.2, 0.25) is 0 Å². The largest absolute Gasteiger partial charge is 0.289 e. The molecule has 0 saturated heterocycles. The smallest absolute Gasteiger partial charge is 0.281 e. The summed E-state index contributed by atoms with van der Waals surface area (Å²) < 4.78 is 0. The molecule has 4 amide bonds. The number of nitro benzene ring substituents is 1. The number of ketones is 1. The molecule has 0 atom stereocenters. The molecule has 2 heterocycles. The van der Waals surface area contributed by atoms with Gasteiger partial charge in [0.15, 0.2) is 5.78 Å². The van der Waals surface area contributed by atoms with Gasteiger partial charge >= 0.3 is 0 Å². The van der Waals surface area contributed by atoms with Crippen LogP contribution in [0.2, 0.25) is 0 Å². The standard InChI is InChI=1S/C23H11N3O7/c27-19(12-5-8-14(9-6-12)26(32)33)13-7-10-17-18(11-13)23(31)25(22(17)30)24-20(28)15-3-1-2-4-16(15)21(24)29/h1-11H. The van der Waals surface area contributed by atoms with E-state index in [9.17, 15) is 34.1 Å². The first-order valence-electron chi connectivity index (χ1n) is 9.59. The van der Waals surface area contributed by atoms with Crippen LogP contribution in [0.4, 0.5) is 5.69 Å². The Morgan fingerprint density at radius 3 is 1.61 bits per heavy atom. The van der Waals surface area contributed by atoms with Gasteiger partial charge in [-0.1, -0.05) is 18.2 Å². The second-order valence-corrected chi connectivity index (χ2v) is 7.28. The van der Waals surface area contributed by atoms with Gasteiger partial charge in [0.1, 0.15) is 0 Å². The minimum Gasteiger partial charge on any atom is -0.289 e. The molecule has 160 valence electrons. The number of nitro groups is 1. The lowest BCUT2D eigenvalue weighted by atomic mass is 9.99. The van der Waals surface area contributed by atoms with Gasteiger partial charge in [-0.05, 0) is 36.4 Å². The lowest BCUT2D eigenvalue weighted by Crippen LogP contribution is -2.49. The normalized spacial score (nSPS) is 14.5. The molecule has 3 aromatic carbocycles.